The van der Waals surface area contributed by atoms with Crippen molar-refractivity contribution in [2.24, 2.45) is 0 Å². The molecule has 0 bridgehead atoms. The molecule has 4 heterocycles. The van der Waals surface area contributed by atoms with Gasteiger partial charge in [-0.15, -0.1) is 0 Å². The van der Waals surface area contributed by atoms with Crippen molar-refractivity contribution in [3.8, 4) is 5.69 Å². The maximum absolute atomic E-state index is 6.40. The number of aromatic nitrogens is 3. The standard InChI is InChI=1S/C26H15N3O/c1-2-7-16(8-3-1)29-24-22(19-10-6-13-28-26(19)29)20-15-27-14-12-17(20)25-23(24)18-9-4-5-11-21(18)30-25/h1-15H. The van der Waals surface area contributed by atoms with E-state index in [2.05, 4.69) is 52.0 Å². The van der Waals surface area contributed by atoms with Gasteiger partial charge in [0.15, 0.2) is 0 Å². The minimum Gasteiger partial charge on any atom is -0.455 e. The predicted octanol–water partition coefficient (Wildman–Crippen LogP) is 6.63. The van der Waals surface area contributed by atoms with Crippen molar-refractivity contribution in [3.63, 3.8) is 0 Å². The van der Waals surface area contributed by atoms with E-state index >= 15 is 0 Å². The van der Waals surface area contributed by atoms with Gasteiger partial charge in [-0.05, 0) is 36.4 Å². The summed E-state index contributed by atoms with van der Waals surface area (Å²) >= 11 is 0. The van der Waals surface area contributed by atoms with Crippen LogP contribution >= 0.6 is 0 Å². The normalized spacial score (nSPS) is 12.0. The van der Waals surface area contributed by atoms with Gasteiger partial charge in [-0.2, -0.15) is 0 Å². The molecule has 7 aromatic rings. The topological polar surface area (TPSA) is 43.9 Å². The summed E-state index contributed by atoms with van der Waals surface area (Å²) in [7, 11) is 0. The zero-order valence-corrected chi connectivity index (χ0v) is 15.9. The van der Waals surface area contributed by atoms with E-state index in [9.17, 15) is 0 Å². The van der Waals surface area contributed by atoms with Crippen molar-refractivity contribution in [3.05, 3.63) is 91.4 Å². The van der Waals surface area contributed by atoms with E-state index in [0.29, 0.717) is 0 Å². The second kappa shape index (κ2) is 5.67. The predicted molar refractivity (Wildman–Crippen MR) is 121 cm³/mol. The van der Waals surface area contributed by atoms with Crippen LogP contribution in [0.3, 0.4) is 0 Å². The van der Waals surface area contributed by atoms with Crippen LogP contribution in [0.5, 0.6) is 0 Å². The summed E-state index contributed by atoms with van der Waals surface area (Å²) in [5.41, 5.74) is 4.89. The van der Waals surface area contributed by atoms with Gasteiger partial charge in [-0.1, -0.05) is 36.4 Å². The Bertz CT molecular complexity index is 1740. The molecule has 4 heteroatoms. The summed E-state index contributed by atoms with van der Waals surface area (Å²) in [5.74, 6) is 0. The van der Waals surface area contributed by atoms with Crippen LogP contribution in [0.1, 0.15) is 0 Å². The summed E-state index contributed by atoms with van der Waals surface area (Å²) in [6, 6.07) is 24.8. The van der Waals surface area contributed by atoms with Gasteiger partial charge in [0.05, 0.1) is 10.9 Å². The Morgan fingerprint density at radius 3 is 2.43 bits per heavy atom. The third-order valence-electron chi connectivity index (χ3n) is 5.91. The molecule has 140 valence electrons. The molecular formula is C26H15N3O. The number of rotatable bonds is 1. The zero-order chi connectivity index (χ0) is 19.7. The lowest BCUT2D eigenvalue weighted by Crippen LogP contribution is -1.95. The van der Waals surface area contributed by atoms with E-state index < -0.39 is 0 Å². The fourth-order valence-electron chi connectivity index (χ4n) is 4.72. The lowest BCUT2D eigenvalue weighted by atomic mass is 10.0. The van der Waals surface area contributed by atoms with Crippen LogP contribution in [-0.4, -0.2) is 14.5 Å². The first-order valence-corrected chi connectivity index (χ1v) is 9.93. The first-order chi connectivity index (χ1) is 14.9. The van der Waals surface area contributed by atoms with Crippen molar-refractivity contribution in [2.45, 2.75) is 0 Å². The maximum Gasteiger partial charge on any atom is 0.145 e. The SMILES string of the molecule is c1ccc(-n2c3ncccc3c3c4cnccc4c4oc5ccccc5c4c32)cc1. The quantitative estimate of drug-likeness (QED) is 0.319. The van der Waals surface area contributed by atoms with Crippen LogP contribution in [0.25, 0.3) is 60.3 Å². The van der Waals surface area contributed by atoms with Crippen molar-refractivity contribution in [2.75, 3.05) is 0 Å². The average molecular weight is 385 g/mol. The van der Waals surface area contributed by atoms with Crippen molar-refractivity contribution in [1.82, 2.24) is 14.5 Å². The smallest absolute Gasteiger partial charge is 0.145 e. The van der Waals surface area contributed by atoms with E-state index in [-0.39, 0.29) is 0 Å². The summed E-state index contributed by atoms with van der Waals surface area (Å²) in [4.78, 5) is 9.23. The molecule has 0 N–H and O–H groups in total. The number of benzene rings is 3. The van der Waals surface area contributed by atoms with Gasteiger partial charge < -0.3 is 4.42 Å². The highest BCUT2D eigenvalue weighted by Gasteiger charge is 2.23. The van der Waals surface area contributed by atoms with Crippen LogP contribution in [0.4, 0.5) is 0 Å². The van der Waals surface area contributed by atoms with Gasteiger partial charge in [0.1, 0.15) is 16.8 Å². The van der Waals surface area contributed by atoms with Crippen LogP contribution in [0.2, 0.25) is 0 Å². The molecule has 7 rings (SSSR count). The molecule has 0 radical (unpaired) electrons. The van der Waals surface area contributed by atoms with Crippen LogP contribution in [0.15, 0.2) is 95.8 Å². The number of nitrogens with zero attached hydrogens (tertiary/aromatic N) is 3. The molecule has 0 saturated heterocycles. The molecule has 30 heavy (non-hydrogen) atoms. The number of hydrogen-bond donors (Lipinski definition) is 0. The third-order valence-corrected chi connectivity index (χ3v) is 5.91. The summed E-state index contributed by atoms with van der Waals surface area (Å²) in [6.45, 7) is 0. The number of furan rings is 1. The Hall–Kier alpha value is -4.18. The van der Waals surface area contributed by atoms with Crippen molar-refractivity contribution in [1.29, 1.82) is 0 Å². The molecule has 0 atom stereocenters. The first kappa shape index (κ1) is 15.7. The van der Waals surface area contributed by atoms with Gasteiger partial charge in [0, 0.05) is 51.2 Å². The fourth-order valence-corrected chi connectivity index (χ4v) is 4.72. The molecule has 0 spiro atoms. The van der Waals surface area contributed by atoms with Gasteiger partial charge in [0.25, 0.3) is 0 Å². The summed E-state index contributed by atoms with van der Waals surface area (Å²) in [5, 5.41) is 6.63. The number of hydrogen-bond acceptors (Lipinski definition) is 3. The van der Waals surface area contributed by atoms with Crippen LogP contribution in [0, 0.1) is 0 Å². The highest BCUT2D eigenvalue weighted by Crippen LogP contribution is 2.44. The van der Waals surface area contributed by atoms with E-state index in [4.69, 9.17) is 9.40 Å². The van der Waals surface area contributed by atoms with E-state index in [0.717, 1.165) is 60.3 Å². The Kier molecular flexibility index (Phi) is 2.97. The molecule has 0 aliphatic carbocycles. The van der Waals surface area contributed by atoms with Gasteiger partial charge in [0.2, 0.25) is 0 Å². The van der Waals surface area contributed by atoms with Gasteiger partial charge in [-0.25, -0.2) is 4.98 Å². The monoisotopic (exact) mass is 385 g/mol. The molecule has 4 nitrogen and oxygen atoms in total. The lowest BCUT2D eigenvalue weighted by molar-refractivity contribution is 0.673. The minimum atomic E-state index is 0.885. The van der Waals surface area contributed by atoms with Crippen LogP contribution < -0.4 is 0 Å². The van der Waals surface area contributed by atoms with E-state index in [1.165, 1.54) is 0 Å². The Morgan fingerprint density at radius 2 is 1.50 bits per heavy atom. The largest absolute Gasteiger partial charge is 0.455 e. The van der Waals surface area contributed by atoms with Crippen LogP contribution in [-0.2, 0) is 0 Å². The first-order valence-electron chi connectivity index (χ1n) is 9.93. The third kappa shape index (κ3) is 1.90. The molecule has 0 fully saturated rings. The maximum atomic E-state index is 6.40. The second-order valence-electron chi connectivity index (χ2n) is 7.49. The molecule has 0 aliphatic rings. The molecular weight excluding hydrogens is 370 g/mol. The van der Waals surface area contributed by atoms with E-state index in [1.807, 2.05) is 48.9 Å². The number of pyridine rings is 2. The molecule has 0 saturated carbocycles. The number of fused-ring (bicyclic) bond motifs is 10. The Morgan fingerprint density at radius 1 is 0.667 bits per heavy atom. The van der Waals surface area contributed by atoms with Crippen molar-refractivity contribution >= 4 is 54.6 Å². The van der Waals surface area contributed by atoms with Gasteiger partial charge in [-0.3, -0.25) is 9.55 Å². The minimum absolute atomic E-state index is 0.885. The highest BCUT2D eigenvalue weighted by atomic mass is 16.3. The lowest BCUT2D eigenvalue weighted by Gasteiger charge is -2.09. The Balaban J connectivity index is 1.91. The molecule has 0 aliphatic heterocycles. The van der Waals surface area contributed by atoms with E-state index in [1.54, 1.807) is 0 Å². The highest BCUT2D eigenvalue weighted by molar-refractivity contribution is 6.34. The Labute approximate surface area is 171 Å². The second-order valence-corrected chi connectivity index (χ2v) is 7.49. The number of para-hydroxylation sites is 2. The molecule has 0 unspecified atom stereocenters. The molecule has 4 aromatic heterocycles. The fraction of sp³-hybridized carbons (Fsp3) is 0. The summed E-state index contributed by atoms with van der Waals surface area (Å²) < 4.78 is 8.65. The summed E-state index contributed by atoms with van der Waals surface area (Å²) in [6.07, 6.45) is 5.62. The zero-order valence-electron chi connectivity index (χ0n) is 15.9. The molecule has 0 amide bonds. The molecule has 3 aromatic carbocycles. The van der Waals surface area contributed by atoms with Gasteiger partial charge >= 0.3 is 0 Å². The average Bonchev–Trinajstić information content (AvgIpc) is 3.36. The van der Waals surface area contributed by atoms with Crippen molar-refractivity contribution < 1.29 is 4.42 Å².